The van der Waals surface area contributed by atoms with Gasteiger partial charge in [0.1, 0.15) is 5.82 Å². The van der Waals surface area contributed by atoms with Gasteiger partial charge in [0.05, 0.1) is 5.92 Å². The zero-order valence-corrected chi connectivity index (χ0v) is 14.3. The molecule has 2 unspecified atom stereocenters. The van der Waals surface area contributed by atoms with Gasteiger partial charge in [-0.2, -0.15) is 5.10 Å². The first kappa shape index (κ1) is 16.1. The predicted molar refractivity (Wildman–Crippen MR) is 95.9 cm³/mol. The van der Waals surface area contributed by atoms with Crippen molar-refractivity contribution in [2.45, 2.75) is 31.6 Å². The van der Waals surface area contributed by atoms with Gasteiger partial charge in [-0.3, -0.25) is 9.89 Å². The maximum atomic E-state index is 12.7. The second-order valence-corrected chi connectivity index (χ2v) is 7.22. The molecule has 1 heterocycles. The highest BCUT2D eigenvalue weighted by Crippen LogP contribution is 2.56. The van der Waals surface area contributed by atoms with Crippen molar-refractivity contribution < 1.29 is 4.79 Å². The normalized spacial score (nSPS) is 27.4. The molecule has 2 saturated carbocycles. The molecule has 5 nitrogen and oxygen atoms in total. The van der Waals surface area contributed by atoms with Crippen molar-refractivity contribution in [2.24, 2.45) is 17.8 Å². The van der Waals surface area contributed by atoms with Crippen molar-refractivity contribution in [1.29, 1.82) is 0 Å². The molecule has 130 valence electrons. The van der Waals surface area contributed by atoms with Crippen LogP contribution in [0.25, 0.3) is 0 Å². The van der Waals surface area contributed by atoms with Gasteiger partial charge < -0.3 is 5.32 Å². The van der Waals surface area contributed by atoms with E-state index in [0.29, 0.717) is 18.4 Å². The van der Waals surface area contributed by atoms with Crippen LogP contribution in [0.15, 0.2) is 43.0 Å². The number of carbonyl (C=O) groups is 1. The van der Waals surface area contributed by atoms with E-state index in [0.717, 1.165) is 30.9 Å². The van der Waals surface area contributed by atoms with Gasteiger partial charge >= 0.3 is 0 Å². The molecule has 2 bridgehead atoms. The molecule has 25 heavy (non-hydrogen) atoms. The average molecular weight is 336 g/mol. The lowest BCUT2D eigenvalue weighted by atomic mass is 9.78. The van der Waals surface area contributed by atoms with Gasteiger partial charge in [0.2, 0.25) is 5.91 Å². The van der Waals surface area contributed by atoms with Gasteiger partial charge in [-0.05, 0) is 36.7 Å². The molecular weight excluding hydrogens is 312 g/mol. The Labute approximate surface area is 147 Å². The summed E-state index contributed by atoms with van der Waals surface area (Å²) in [4.78, 5) is 17.4. The van der Waals surface area contributed by atoms with Crippen molar-refractivity contribution in [1.82, 2.24) is 20.5 Å². The number of rotatable bonds is 6. The molecule has 0 saturated heterocycles. The molecule has 1 aromatic carbocycles. The lowest BCUT2D eigenvalue weighted by Crippen LogP contribution is -2.37. The van der Waals surface area contributed by atoms with Gasteiger partial charge in [0, 0.05) is 18.9 Å². The molecule has 1 aromatic heterocycles. The fourth-order valence-electron chi connectivity index (χ4n) is 4.66. The number of nitrogens with one attached hydrogen (secondary N) is 2. The lowest BCUT2D eigenvalue weighted by molar-refractivity contribution is -0.127. The smallest absolute Gasteiger partial charge is 0.224 e. The summed E-state index contributed by atoms with van der Waals surface area (Å²) in [5, 5.41) is 10.6. The van der Waals surface area contributed by atoms with Crippen molar-refractivity contribution in [2.75, 3.05) is 6.54 Å². The Balaban J connectivity index is 1.53. The Hall–Kier alpha value is -2.43. The van der Waals surface area contributed by atoms with Crippen LogP contribution in [0.4, 0.5) is 0 Å². The molecule has 2 aliphatic carbocycles. The van der Waals surface area contributed by atoms with Crippen LogP contribution in [0.3, 0.4) is 0 Å². The maximum Gasteiger partial charge on any atom is 0.224 e. The zero-order chi connectivity index (χ0) is 17.2. The van der Waals surface area contributed by atoms with Crippen LogP contribution < -0.4 is 5.32 Å². The van der Waals surface area contributed by atoms with Gasteiger partial charge in [-0.15, -0.1) is 6.58 Å². The van der Waals surface area contributed by atoms with E-state index in [1.807, 2.05) is 18.2 Å². The zero-order valence-electron chi connectivity index (χ0n) is 14.3. The highest BCUT2D eigenvalue weighted by Gasteiger charge is 2.52. The average Bonchev–Trinajstić information content (AvgIpc) is 3.36. The van der Waals surface area contributed by atoms with E-state index in [-0.39, 0.29) is 17.7 Å². The third kappa shape index (κ3) is 3.11. The minimum absolute atomic E-state index is 0.000856. The number of aromatic nitrogens is 3. The van der Waals surface area contributed by atoms with E-state index in [4.69, 9.17) is 4.98 Å². The summed E-state index contributed by atoms with van der Waals surface area (Å²) in [6.45, 7) is 4.20. The highest BCUT2D eigenvalue weighted by atomic mass is 16.1. The number of amides is 1. The maximum absolute atomic E-state index is 12.7. The van der Waals surface area contributed by atoms with Gasteiger partial charge in [-0.25, -0.2) is 4.98 Å². The van der Waals surface area contributed by atoms with Gasteiger partial charge in [0.25, 0.3) is 0 Å². The number of carbonyl (C=O) groups excluding carboxylic acids is 1. The number of hydrogen-bond donors (Lipinski definition) is 2. The molecule has 1 amide bonds. The van der Waals surface area contributed by atoms with Crippen LogP contribution in [0.1, 0.15) is 42.4 Å². The Morgan fingerprint density at radius 3 is 2.88 bits per heavy atom. The predicted octanol–water partition coefficient (Wildman–Crippen LogP) is 2.83. The Morgan fingerprint density at radius 1 is 1.28 bits per heavy atom. The molecule has 0 aliphatic heterocycles. The van der Waals surface area contributed by atoms with Crippen molar-refractivity contribution in [3.63, 3.8) is 0 Å². The summed E-state index contributed by atoms with van der Waals surface area (Å²) in [7, 11) is 0. The monoisotopic (exact) mass is 336 g/mol. The van der Waals surface area contributed by atoms with Crippen molar-refractivity contribution >= 4 is 5.91 Å². The topological polar surface area (TPSA) is 70.7 Å². The molecule has 2 N–H and O–H groups in total. The van der Waals surface area contributed by atoms with Crippen molar-refractivity contribution in [3.05, 3.63) is 60.2 Å². The molecule has 0 spiro atoms. The summed E-state index contributed by atoms with van der Waals surface area (Å²) in [5.41, 5.74) is 1.21. The van der Waals surface area contributed by atoms with E-state index < -0.39 is 0 Å². The molecule has 5 heteroatoms. The highest BCUT2D eigenvalue weighted by molar-refractivity contribution is 5.80. The molecule has 2 fully saturated rings. The number of hydrogen-bond acceptors (Lipinski definition) is 3. The fourth-order valence-corrected chi connectivity index (χ4v) is 4.66. The quantitative estimate of drug-likeness (QED) is 0.797. The molecule has 4 atom stereocenters. The summed E-state index contributed by atoms with van der Waals surface area (Å²) in [6.07, 6.45) is 5.92. The molecule has 4 rings (SSSR count). The Bertz CT molecular complexity index is 754. The van der Waals surface area contributed by atoms with Crippen LogP contribution in [0, 0.1) is 17.8 Å². The van der Waals surface area contributed by atoms with E-state index in [9.17, 15) is 4.79 Å². The Kier molecular flexibility index (Phi) is 4.38. The summed E-state index contributed by atoms with van der Waals surface area (Å²) in [6, 6.07) is 10.2. The van der Waals surface area contributed by atoms with Crippen molar-refractivity contribution in [3.8, 4) is 0 Å². The SMILES string of the molecule is C=CCNC(=O)[C@H]1C2CCC(C2)[C@H]1c1n[nH]c(Cc2ccccc2)n1. The second kappa shape index (κ2) is 6.82. The standard InChI is InChI=1S/C20H24N4O/c1-2-10-21-20(25)18-15-9-8-14(12-15)17(18)19-22-16(23-24-19)11-13-6-4-3-5-7-13/h2-7,14-15,17-18H,1,8-12H2,(H,21,25)(H,22,23,24)/t14?,15?,17-,18+/m1/s1. The summed E-state index contributed by atoms with van der Waals surface area (Å²) >= 11 is 0. The van der Waals surface area contributed by atoms with Crippen LogP contribution >= 0.6 is 0 Å². The minimum Gasteiger partial charge on any atom is -0.352 e. The van der Waals surface area contributed by atoms with E-state index in [2.05, 4.69) is 34.2 Å². The molecule has 0 radical (unpaired) electrons. The number of nitrogens with zero attached hydrogens (tertiary/aromatic N) is 2. The number of H-pyrrole nitrogens is 1. The summed E-state index contributed by atoms with van der Waals surface area (Å²) < 4.78 is 0. The first-order valence-corrected chi connectivity index (χ1v) is 9.10. The van der Waals surface area contributed by atoms with E-state index >= 15 is 0 Å². The molecule has 2 aromatic rings. The molecule has 2 aliphatic rings. The van der Waals surface area contributed by atoms with Crippen LogP contribution in [-0.4, -0.2) is 27.6 Å². The minimum atomic E-state index is -0.000856. The number of benzene rings is 1. The first-order chi connectivity index (χ1) is 12.3. The van der Waals surface area contributed by atoms with Crippen LogP contribution in [0.2, 0.25) is 0 Å². The Morgan fingerprint density at radius 2 is 2.08 bits per heavy atom. The lowest BCUT2D eigenvalue weighted by Gasteiger charge is -2.28. The van der Waals surface area contributed by atoms with E-state index in [1.165, 1.54) is 12.0 Å². The van der Waals surface area contributed by atoms with E-state index in [1.54, 1.807) is 6.08 Å². The first-order valence-electron chi connectivity index (χ1n) is 9.10. The number of fused-ring (bicyclic) bond motifs is 2. The molecular formula is C20H24N4O. The third-order valence-electron chi connectivity index (χ3n) is 5.70. The largest absolute Gasteiger partial charge is 0.352 e. The number of aromatic amines is 1. The second-order valence-electron chi connectivity index (χ2n) is 7.22. The fraction of sp³-hybridized carbons (Fsp3) is 0.450. The third-order valence-corrected chi connectivity index (χ3v) is 5.70. The van der Waals surface area contributed by atoms with Crippen LogP contribution in [-0.2, 0) is 11.2 Å². The summed E-state index contributed by atoms with van der Waals surface area (Å²) in [5.74, 6) is 2.96. The van der Waals surface area contributed by atoms with Gasteiger partial charge in [0.15, 0.2) is 5.82 Å². The van der Waals surface area contributed by atoms with Gasteiger partial charge in [-0.1, -0.05) is 36.4 Å². The van der Waals surface area contributed by atoms with Crippen LogP contribution in [0.5, 0.6) is 0 Å².